The Morgan fingerprint density at radius 3 is 2.89 bits per heavy atom. The highest BCUT2D eigenvalue weighted by Gasteiger charge is 2.13. The van der Waals surface area contributed by atoms with Gasteiger partial charge in [-0.05, 0) is 29.8 Å². The Labute approximate surface area is 116 Å². The molecule has 0 aromatic carbocycles. The van der Waals surface area contributed by atoms with E-state index in [2.05, 4.69) is 31.4 Å². The number of thiazole rings is 1. The fourth-order valence-corrected chi connectivity index (χ4v) is 2.52. The fraction of sp³-hybridized carbons (Fsp3) is 0.300. The molecule has 0 spiro atoms. The maximum atomic E-state index is 11.3. The number of hydrogen-bond acceptors (Lipinski definition) is 5. The molecule has 0 fully saturated rings. The number of hydrazine groups is 1. The minimum absolute atomic E-state index is 0.355. The molecule has 2 rings (SSSR count). The Bertz CT molecular complexity index is 591. The monoisotopic (exact) mass is 329 g/mol. The number of rotatable bonds is 3. The highest BCUT2D eigenvalue weighted by molar-refractivity contribution is 9.10. The summed E-state index contributed by atoms with van der Waals surface area (Å²) in [5.41, 5.74) is 4.82. The van der Waals surface area contributed by atoms with Gasteiger partial charge in [0.25, 0.3) is 5.91 Å². The summed E-state index contributed by atoms with van der Waals surface area (Å²) in [6.45, 7) is 4.44. The zero-order chi connectivity index (χ0) is 13.3. The van der Waals surface area contributed by atoms with Gasteiger partial charge in [-0.25, -0.2) is 10.8 Å². The van der Waals surface area contributed by atoms with Crippen molar-refractivity contribution in [3.05, 3.63) is 31.9 Å². The third-order valence-electron chi connectivity index (χ3n) is 2.48. The molecule has 0 unspecified atom stereocenters. The van der Waals surface area contributed by atoms with Crippen LogP contribution in [0.4, 0.5) is 0 Å². The van der Waals surface area contributed by atoms with Crippen LogP contribution in [0.5, 0.6) is 0 Å². The lowest BCUT2D eigenvalue weighted by Gasteiger charge is -2.01. The molecule has 0 saturated carbocycles. The second kappa shape index (κ2) is 5.17. The van der Waals surface area contributed by atoms with Gasteiger partial charge in [-0.1, -0.05) is 0 Å². The van der Waals surface area contributed by atoms with E-state index in [1.54, 1.807) is 0 Å². The minimum Gasteiger partial charge on any atom is -0.288 e. The van der Waals surface area contributed by atoms with Gasteiger partial charge in [0.15, 0.2) is 5.01 Å². The van der Waals surface area contributed by atoms with Gasteiger partial charge in [0.1, 0.15) is 0 Å². The molecule has 2 aromatic rings. The number of halogens is 1. The summed E-state index contributed by atoms with van der Waals surface area (Å²) in [7, 11) is 0. The Kier molecular flexibility index (Phi) is 3.79. The van der Waals surface area contributed by atoms with Gasteiger partial charge in [0, 0.05) is 5.38 Å². The van der Waals surface area contributed by atoms with Crippen molar-refractivity contribution < 1.29 is 4.79 Å². The lowest BCUT2D eigenvalue weighted by molar-refractivity contribution is 0.0953. The molecule has 0 saturated heterocycles. The standard InChI is InChI=1S/C10H12BrN5OS/c1-5-8(11)6(2)16(15-5)3-7-4-18-10(13-7)9(17)14-12/h4H,3,12H2,1-2H3,(H,14,17). The number of nitrogens with one attached hydrogen (secondary N) is 1. The molecule has 0 aliphatic rings. The Balaban J connectivity index is 2.21. The number of aromatic nitrogens is 3. The van der Waals surface area contributed by atoms with Crippen LogP contribution in [-0.4, -0.2) is 20.7 Å². The van der Waals surface area contributed by atoms with Crippen LogP contribution in [0.25, 0.3) is 0 Å². The first-order valence-electron chi connectivity index (χ1n) is 5.17. The highest BCUT2D eigenvalue weighted by atomic mass is 79.9. The summed E-state index contributed by atoms with van der Waals surface area (Å²) in [5.74, 6) is 4.68. The van der Waals surface area contributed by atoms with E-state index in [4.69, 9.17) is 5.84 Å². The van der Waals surface area contributed by atoms with Gasteiger partial charge in [0.05, 0.1) is 28.1 Å². The van der Waals surface area contributed by atoms with Crippen molar-refractivity contribution in [1.82, 2.24) is 20.2 Å². The molecule has 0 atom stereocenters. The zero-order valence-corrected chi connectivity index (χ0v) is 12.3. The summed E-state index contributed by atoms with van der Waals surface area (Å²) in [4.78, 5) is 15.5. The van der Waals surface area contributed by atoms with Gasteiger partial charge < -0.3 is 0 Å². The summed E-state index contributed by atoms with van der Waals surface area (Å²) < 4.78 is 2.84. The van der Waals surface area contributed by atoms with Crippen molar-refractivity contribution in [2.24, 2.45) is 5.84 Å². The average molecular weight is 330 g/mol. The van der Waals surface area contributed by atoms with Crippen LogP contribution < -0.4 is 11.3 Å². The SMILES string of the molecule is Cc1nn(Cc2csc(C(=O)NN)n2)c(C)c1Br. The maximum absolute atomic E-state index is 11.3. The number of nitrogens with zero attached hydrogens (tertiary/aromatic N) is 3. The molecule has 2 heterocycles. The predicted octanol–water partition coefficient (Wildman–Crippen LogP) is 1.37. The van der Waals surface area contributed by atoms with Crippen molar-refractivity contribution in [2.45, 2.75) is 20.4 Å². The largest absolute Gasteiger partial charge is 0.294 e. The number of hydrogen-bond donors (Lipinski definition) is 2. The molecule has 0 aliphatic heterocycles. The van der Waals surface area contributed by atoms with Gasteiger partial charge in [-0.15, -0.1) is 11.3 Å². The molecule has 1 amide bonds. The smallest absolute Gasteiger partial charge is 0.288 e. The number of carbonyl (C=O) groups excluding carboxylic acids is 1. The predicted molar refractivity (Wildman–Crippen MR) is 72.3 cm³/mol. The van der Waals surface area contributed by atoms with Crippen LogP contribution in [0.2, 0.25) is 0 Å². The molecule has 18 heavy (non-hydrogen) atoms. The zero-order valence-electron chi connectivity index (χ0n) is 9.90. The van der Waals surface area contributed by atoms with Crippen molar-refractivity contribution in [2.75, 3.05) is 0 Å². The summed E-state index contributed by atoms with van der Waals surface area (Å²) in [5, 5.41) is 6.57. The number of nitrogens with two attached hydrogens (primary N) is 1. The molecule has 0 aliphatic carbocycles. The van der Waals surface area contributed by atoms with E-state index in [0.717, 1.165) is 21.6 Å². The van der Waals surface area contributed by atoms with Crippen LogP contribution in [-0.2, 0) is 6.54 Å². The Morgan fingerprint density at radius 2 is 2.33 bits per heavy atom. The first-order valence-corrected chi connectivity index (χ1v) is 6.85. The molecular formula is C10H12BrN5OS. The number of nitrogen functional groups attached to an aromatic ring is 1. The highest BCUT2D eigenvalue weighted by Crippen LogP contribution is 2.21. The average Bonchev–Trinajstić information content (AvgIpc) is 2.91. The third kappa shape index (κ3) is 2.45. The second-order valence-corrected chi connectivity index (χ2v) is 5.41. The van der Waals surface area contributed by atoms with Crippen LogP contribution in [0.3, 0.4) is 0 Å². The molecule has 0 radical (unpaired) electrons. The third-order valence-corrected chi connectivity index (χ3v) is 4.52. The van der Waals surface area contributed by atoms with E-state index in [1.165, 1.54) is 11.3 Å². The van der Waals surface area contributed by atoms with Crippen LogP contribution in [0.1, 0.15) is 26.9 Å². The van der Waals surface area contributed by atoms with Crippen molar-refractivity contribution in [3.63, 3.8) is 0 Å². The Hall–Kier alpha value is -1.25. The topological polar surface area (TPSA) is 85.8 Å². The fourth-order valence-electron chi connectivity index (χ4n) is 1.53. The van der Waals surface area contributed by atoms with E-state index in [0.29, 0.717) is 11.6 Å². The molecule has 6 nitrogen and oxygen atoms in total. The Morgan fingerprint density at radius 1 is 1.61 bits per heavy atom. The number of aryl methyl sites for hydroxylation is 1. The minimum atomic E-state index is -0.374. The van der Waals surface area contributed by atoms with Crippen molar-refractivity contribution in [1.29, 1.82) is 0 Å². The van der Waals surface area contributed by atoms with Gasteiger partial charge >= 0.3 is 0 Å². The number of carbonyl (C=O) groups is 1. The van der Waals surface area contributed by atoms with Crippen molar-refractivity contribution >= 4 is 33.2 Å². The summed E-state index contributed by atoms with van der Waals surface area (Å²) in [6, 6.07) is 0. The lowest BCUT2D eigenvalue weighted by Crippen LogP contribution is -2.29. The maximum Gasteiger partial charge on any atom is 0.294 e. The van der Waals surface area contributed by atoms with Crippen LogP contribution in [0.15, 0.2) is 9.85 Å². The van der Waals surface area contributed by atoms with E-state index in [1.807, 2.05) is 23.9 Å². The van der Waals surface area contributed by atoms with Crippen LogP contribution in [0, 0.1) is 13.8 Å². The molecule has 96 valence electrons. The van der Waals surface area contributed by atoms with Gasteiger partial charge in [-0.2, -0.15) is 5.10 Å². The first-order chi connectivity index (χ1) is 8.52. The van der Waals surface area contributed by atoms with E-state index in [9.17, 15) is 4.79 Å². The van der Waals surface area contributed by atoms with E-state index < -0.39 is 0 Å². The van der Waals surface area contributed by atoms with Gasteiger partial charge in [0.2, 0.25) is 0 Å². The number of amides is 1. The van der Waals surface area contributed by atoms with Crippen LogP contribution >= 0.6 is 27.3 Å². The second-order valence-electron chi connectivity index (χ2n) is 3.76. The molecule has 8 heteroatoms. The quantitative estimate of drug-likeness (QED) is 0.506. The summed E-state index contributed by atoms with van der Waals surface area (Å²) >= 11 is 4.73. The molecule has 0 bridgehead atoms. The lowest BCUT2D eigenvalue weighted by atomic mass is 10.4. The molecule has 3 N–H and O–H groups in total. The molecule has 2 aromatic heterocycles. The van der Waals surface area contributed by atoms with E-state index >= 15 is 0 Å². The summed E-state index contributed by atoms with van der Waals surface area (Å²) in [6.07, 6.45) is 0. The van der Waals surface area contributed by atoms with Crippen molar-refractivity contribution in [3.8, 4) is 0 Å². The van der Waals surface area contributed by atoms with Gasteiger partial charge in [-0.3, -0.25) is 14.9 Å². The molecular weight excluding hydrogens is 318 g/mol. The van der Waals surface area contributed by atoms with E-state index in [-0.39, 0.29) is 5.91 Å². The normalized spacial score (nSPS) is 10.7. The first kappa shape index (κ1) is 13.2.